The van der Waals surface area contributed by atoms with Crippen LogP contribution in [-0.4, -0.2) is 19.1 Å². The van der Waals surface area contributed by atoms with E-state index in [1.54, 1.807) is 12.1 Å². The van der Waals surface area contributed by atoms with Crippen molar-refractivity contribution in [1.29, 1.82) is 0 Å². The minimum Gasteiger partial charge on any atom is -0.369 e. The normalized spacial score (nSPS) is 14.1. The Labute approximate surface area is 123 Å². The summed E-state index contributed by atoms with van der Waals surface area (Å²) in [6.07, 6.45) is 2.75. The summed E-state index contributed by atoms with van der Waals surface area (Å²) in [6.45, 7) is 10.2. The monoisotopic (exact) mass is 280 g/mol. The van der Waals surface area contributed by atoms with Gasteiger partial charge in [-0.1, -0.05) is 39.3 Å². The fourth-order valence-corrected chi connectivity index (χ4v) is 2.39. The van der Waals surface area contributed by atoms with E-state index in [1.807, 2.05) is 6.07 Å². The Morgan fingerprint density at radius 1 is 1.20 bits per heavy atom. The van der Waals surface area contributed by atoms with Gasteiger partial charge in [0.1, 0.15) is 5.82 Å². The van der Waals surface area contributed by atoms with Gasteiger partial charge in [-0.05, 0) is 37.3 Å². The number of nitrogens with zero attached hydrogens (tertiary/aromatic N) is 1. The highest BCUT2D eigenvalue weighted by atomic mass is 19.1. The highest BCUT2D eigenvalue weighted by molar-refractivity contribution is 5.55. The van der Waals surface area contributed by atoms with Crippen LogP contribution < -0.4 is 10.6 Å². The van der Waals surface area contributed by atoms with Crippen LogP contribution in [0.25, 0.3) is 0 Å². The van der Waals surface area contributed by atoms with Crippen LogP contribution in [0.1, 0.15) is 46.1 Å². The molecule has 0 saturated carbocycles. The van der Waals surface area contributed by atoms with Gasteiger partial charge in [0, 0.05) is 19.1 Å². The summed E-state index contributed by atoms with van der Waals surface area (Å²) >= 11 is 0. The van der Waals surface area contributed by atoms with Crippen LogP contribution in [0, 0.1) is 11.7 Å². The second-order valence-corrected chi connectivity index (χ2v) is 5.67. The molecular formula is C17H29FN2. The molecule has 0 saturated heterocycles. The van der Waals surface area contributed by atoms with Crippen molar-refractivity contribution in [1.82, 2.24) is 0 Å². The minimum absolute atomic E-state index is 0.0952. The second kappa shape index (κ2) is 8.25. The summed E-state index contributed by atoms with van der Waals surface area (Å²) < 4.78 is 14.3. The van der Waals surface area contributed by atoms with Crippen molar-refractivity contribution in [2.45, 2.75) is 53.0 Å². The maximum absolute atomic E-state index is 14.3. The predicted molar refractivity (Wildman–Crippen MR) is 85.7 cm³/mol. The molecule has 20 heavy (non-hydrogen) atoms. The van der Waals surface area contributed by atoms with E-state index < -0.39 is 0 Å². The molecule has 0 amide bonds. The van der Waals surface area contributed by atoms with Crippen LogP contribution in [0.5, 0.6) is 0 Å². The molecule has 0 heterocycles. The number of anilines is 1. The summed E-state index contributed by atoms with van der Waals surface area (Å²) in [5, 5.41) is 0. The van der Waals surface area contributed by atoms with Gasteiger partial charge < -0.3 is 10.6 Å². The van der Waals surface area contributed by atoms with E-state index in [1.165, 1.54) is 0 Å². The average molecular weight is 280 g/mol. The molecule has 0 aliphatic rings. The molecule has 3 heteroatoms. The number of halogens is 1. The fraction of sp³-hybridized carbons (Fsp3) is 0.647. The van der Waals surface area contributed by atoms with Crippen LogP contribution in [0.2, 0.25) is 0 Å². The molecule has 1 aromatic rings. The Kier molecular flexibility index (Phi) is 7.00. The van der Waals surface area contributed by atoms with Crippen molar-refractivity contribution >= 4 is 5.69 Å². The van der Waals surface area contributed by atoms with Crippen LogP contribution in [0.3, 0.4) is 0 Å². The van der Waals surface area contributed by atoms with Gasteiger partial charge in [-0.25, -0.2) is 4.39 Å². The van der Waals surface area contributed by atoms with E-state index >= 15 is 0 Å². The quantitative estimate of drug-likeness (QED) is 0.780. The van der Waals surface area contributed by atoms with Gasteiger partial charge in [0.15, 0.2) is 0 Å². The Balaban J connectivity index is 3.05. The van der Waals surface area contributed by atoms with Gasteiger partial charge >= 0.3 is 0 Å². The van der Waals surface area contributed by atoms with Crippen LogP contribution in [0.15, 0.2) is 18.2 Å². The van der Waals surface area contributed by atoms with Crippen molar-refractivity contribution < 1.29 is 4.39 Å². The van der Waals surface area contributed by atoms with Gasteiger partial charge in [0.05, 0.1) is 5.69 Å². The first-order valence-corrected chi connectivity index (χ1v) is 7.81. The van der Waals surface area contributed by atoms with E-state index in [-0.39, 0.29) is 11.9 Å². The fourth-order valence-electron chi connectivity index (χ4n) is 2.39. The molecule has 2 unspecified atom stereocenters. The van der Waals surface area contributed by atoms with Crippen molar-refractivity contribution in [3.63, 3.8) is 0 Å². The zero-order valence-corrected chi connectivity index (χ0v) is 13.3. The number of hydrogen-bond acceptors (Lipinski definition) is 2. The van der Waals surface area contributed by atoms with Gasteiger partial charge in [0.2, 0.25) is 0 Å². The average Bonchev–Trinajstić information content (AvgIpc) is 2.45. The second-order valence-electron chi connectivity index (χ2n) is 5.67. The highest BCUT2D eigenvalue weighted by Gasteiger charge is 2.17. The molecule has 1 aromatic carbocycles. The van der Waals surface area contributed by atoms with Crippen molar-refractivity contribution in [2.75, 3.05) is 18.0 Å². The third-order valence-electron chi connectivity index (χ3n) is 4.00. The van der Waals surface area contributed by atoms with Crippen LogP contribution >= 0.6 is 0 Å². The van der Waals surface area contributed by atoms with Gasteiger partial charge in [-0.15, -0.1) is 0 Å². The number of rotatable bonds is 8. The first-order chi connectivity index (χ1) is 9.53. The predicted octanol–water partition coefficient (Wildman–Crippen LogP) is 3.98. The lowest BCUT2D eigenvalue weighted by Crippen LogP contribution is -2.31. The van der Waals surface area contributed by atoms with E-state index in [4.69, 9.17) is 5.73 Å². The van der Waals surface area contributed by atoms with Crippen LogP contribution in [0.4, 0.5) is 10.1 Å². The van der Waals surface area contributed by atoms with E-state index in [0.717, 1.165) is 43.6 Å². The molecule has 0 bridgehead atoms. The van der Waals surface area contributed by atoms with Gasteiger partial charge in [-0.2, -0.15) is 0 Å². The molecule has 2 atom stereocenters. The molecule has 114 valence electrons. The standard InChI is InChI=1S/C17H29FN2/c1-5-13(4)12-20(7-3)17-14(11-15(19)6-2)9-8-10-16(17)18/h8-10,13,15H,5-7,11-12,19H2,1-4H3. The molecule has 0 spiro atoms. The topological polar surface area (TPSA) is 29.3 Å². The first-order valence-electron chi connectivity index (χ1n) is 7.81. The Morgan fingerprint density at radius 3 is 2.45 bits per heavy atom. The lowest BCUT2D eigenvalue weighted by Gasteiger charge is -2.29. The maximum Gasteiger partial charge on any atom is 0.146 e. The van der Waals surface area contributed by atoms with E-state index in [0.29, 0.717) is 5.92 Å². The number of hydrogen-bond donors (Lipinski definition) is 1. The molecule has 0 radical (unpaired) electrons. The smallest absolute Gasteiger partial charge is 0.146 e. The summed E-state index contributed by atoms with van der Waals surface area (Å²) in [7, 11) is 0. The molecular weight excluding hydrogens is 251 g/mol. The number of benzene rings is 1. The highest BCUT2D eigenvalue weighted by Crippen LogP contribution is 2.27. The largest absolute Gasteiger partial charge is 0.369 e. The summed E-state index contributed by atoms with van der Waals surface area (Å²) in [5.74, 6) is 0.429. The van der Waals surface area contributed by atoms with Crippen molar-refractivity contribution in [3.8, 4) is 0 Å². The molecule has 2 nitrogen and oxygen atoms in total. The molecule has 0 aromatic heterocycles. The minimum atomic E-state index is -0.129. The molecule has 0 aliphatic carbocycles. The SMILES string of the molecule is CCC(C)CN(CC)c1c(F)cccc1CC(N)CC. The Hall–Kier alpha value is -1.09. The first kappa shape index (κ1) is 17.0. The van der Waals surface area contributed by atoms with Gasteiger partial charge in [-0.3, -0.25) is 0 Å². The zero-order chi connectivity index (χ0) is 15.1. The third kappa shape index (κ3) is 4.48. The van der Waals surface area contributed by atoms with E-state index in [9.17, 15) is 4.39 Å². The van der Waals surface area contributed by atoms with Crippen molar-refractivity contribution in [2.24, 2.45) is 11.7 Å². The Morgan fingerprint density at radius 2 is 1.90 bits per heavy atom. The Bertz CT molecular complexity index is 406. The summed E-state index contributed by atoms with van der Waals surface area (Å²) in [6, 6.07) is 5.44. The summed E-state index contributed by atoms with van der Waals surface area (Å²) in [5.41, 5.74) is 7.83. The van der Waals surface area contributed by atoms with Crippen molar-refractivity contribution in [3.05, 3.63) is 29.6 Å². The number of para-hydroxylation sites is 1. The third-order valence-corrected chi connectivity index (χ3v) is 4.00. The molecule has 0 fully saturated rings. The zero-order valence-electron chi connectivity index (χ0n) is 13.3. The molecule has 2 N–H and O–H groups in total. The maximum atomic E-state index is 14.3. The lowest BCUT2D eigenvalue weighted by atomic mass is 10.0. The molecule has 1 rings (SSSR count). The summed E-state index contributed by atoms with van der Waals surface area (Å²) in [4.78, 5) is 2.15. The van der Waals surface area contributed by atoms with Gasteiger partial charge in [0.25, 0.3) is 0 Å². The molecule has 0 aliphatic heterocycles. The van der Waals surface area contributed by atoms with Crippen LogP contribution in [-0.2, 0) is 6.42 Å². The lowest BCUT2D eigenvalue weighted by molar-refractivity contribution is 0.535. The van der Waals surface area contributed by atoms with E-state index in [2.05, 4.69) is 32.6 Å². The number of nitrogens with two attached hydrogens (primary N) is 1.